The number of hydrogen-bond donors (Lipinski definition) is 0. The molecule has 0 saturated heterocycles. The maximum Gasteiger partial charge on any atom is 0.305 e. The minimum absolute atomic E-state index is 0.0444. The summed E-state index contributed by atoms with van der Waals surface area (Å²) in [6.07, 6.45) is 14.1. The molecule has 0 radical (unpaired) electrons. The topological polar surface area (TPSA) is 26.3 Å². The van der Waals surface area contributed by atoms with Crippen LogP contribution >= 0.6 is 0 Å². The first-order chi connectivity index (χ1) is 7.81. The molecular weight excluding hydrogens is 200 g/mol. The lowest BCUT2D eigenvalue weighted by Crippen LogP contribution is -2.05. The summed E-state index contributed by atoms with van der Waals surface area (Å²) in [7, 11) is 0. The van der Waals surface area contributed by atoms with Crippen molar-refractivity contribution in [1.29, 1.82) is 0 Å². The number of hydrogen-bond acceptors (Lipinski definition) is 2. The first kappa shape index (κ1) is 15.0. The van der Waals surface area contributed by atoms with E-state index in [2.05, 4.69) is 12.8 Å². The molecule has 0 aliphatic carbocycles. The summed E-state index contributed by atoms with van der Waals surface area (Å²) in [6, 6.07) is 0. The first-order valence-electron chi connectivity index (χ1n) is 6.40. The number of rotatable bonds is 10. The quantitative estimate of drug-likeness (QED) is 0.321. The molecule has 0 atom stereocenters. The summed E-state index contributed by atoms with van der Waals surface area (Å²) in [5.41, 5.74) is 0. The van der Waals surface area contributed by atoms with E-state index >= 15 is 0 Å². The van der Waals surface area contributed by atoms with E-state index in [1.54, 1.807) is 0 Å². The van der Waals surface area contributed by atoms with Crippen LogP contribution in [0.5, 0.6) is 0 Å². The molecule has 0 heterocycles. The Morgan fingerprint density at radius 1 is 1.12 bits per heavy atom. The number of unbranched alkanes of at least 4 members (excludes halogenated alkanes) is 6. The predicted molar refractivity (Wildman–Crippen MR) is 67.0 cm³/mol. The summed E-state index contributed by atoms with van der Waals surface area (Å²) in [5, 5.41) is 0. The Balaban J connectivity index is 3.12. The smallest absolute Gasteiger partial charge is 0.305 e. The second-order valence-electron chi connectivity index (χ2n) is 4.05. The summed E-state index contributed by atoms with van der Waals surface area (Å²) in [6.45, 7) is 2.70. The van der Waals surface area contributed by atoms with Crippen molar-refractivity contribution in [2.75, 3.05) is 6.61 Å². The van der Waals surface area contributed by atoms with Crippen LogP contribution in [0, 0.1) is 12.3 Å². The van der Waals surface area contributed by atoms with Gasteiger partial charge in [0.25, 0.3) is 0 Å². The van der Waals surface area contributed by atoms with Crippen molar-refractivity contribution in [2.24, 2.45) is 0 Å². The second kappa shape index (κ2) is 12.1. The molecule has 0 saturated carbocycles. The Kier molecular flexibility index (Phi) is 11.4. The highest BCUT2D eigenvalue weighted by Gasteiger charge is 2.01. The van der Waals surface area contributed by atoms with Crippen LogP contribution in [0.4, 0.5) is 0 Å². The van der Waals surface area contributed by atoms with Crippen LogP contribution in [0.3, 0.4) is 0 Å². The van der Waals surface area contributed by atoms with Crippen molar-refractivity contribution in [3.05, 3.63) is 0 Å². The average molecular weight is 224 g/mol. The lowest BCUT2D eigenvalue weighted by Gasteiger charge is -2.04. The molecule has 0 aromatic heterocycles. The molecule has 0 aromatic carbocycles. The number of esters is 1. The fraction of sp³-hybridized carbons (Fsp3) is 0.786. The summed E-state index contributed by atoms with van der Waals surface area (Å²) < 4.78 is 5.12. The highest BCUT2D eigenvalue weighted by molar-refractivity contribution is 5.69. The zero-order chi connectivity index (χ0) is 12.1. The van der Waals surface area contributed by atoms with E-state index in [1.807, 2.05) is 0 Å². The molecule has 0 fully saturated rings. The van der Waals surface area contributed by atoms with Crippen molar-refractivity contribution in [3.8, 4) is 12.3 Å². The maximum atomic E-state index is 11.2. The third-order valence-corrected chi connectivity index (χ3v) is 2.46. The molecule has 16 heavy (non-hydrogen) atoms. The van der Waals surface area contributed by atoms with Gasteiger partial charge < -0.3 is 4.74 Å². The zero-order valence-corrected chi connectivity index (χ0v) is 10.5. The molecule has 0 amide bonds. The number of terminal acetylenes is 1. The van der Waals surface area contributed by atoms with E-state index < -0.39 is 0 Å². The van der Waals surface area contributed by atoms with Gasteiger partial charge in [0.1, 0.15) is 0 Å². The molecule has 0 bridgehead atoms. The third-order valence-electron chi connectivity index (χ3n) is 2.46. The Hall–Kier alpha value is -0.970. The van der Waals surface area contributed by atoms with Crippen molar-refractivity contribution in [3.63, 3.8) is 0 Å². The summed E-state index contributed by atoms with van der Waals surface area (Å²) in [4.78, 5) is 11.2. The molecule has 0 unspecified atom stereocenters. The van der Waals surface area contributed by atoms with Gasteiger partial charge in [0.15, 0.2) is 0 Å². The molecule has 0 rings (SSSR count). The Labute approximate surface area is 99.8 Å². The minimum Gasteiger partial charge on any atom is -0.466 e. The number of carbonyl (C=O) groups is 1. The van der Waals surface area contributed by atoms with Crippen LogP contribution in [-0.2, 0) is 9.53 Å². The molecule has 2 nitrogen and oxygen atoms in total. The Bertz CT molecular complexity index is 203. The largest absolute Gasteiger partial charge is 0.466 e. The Morgan fingerprint density at radius 2 is 1.88 bits per heavy atom. The zero-order valence-electron chi connectivity index (χ0n) is 10.5. The van der Waals surface area contributed by atoms with Crippen molar-refractivity contribution in [2.45, 2.75) is 64.7 Å². The van der Waals surface area contributed by atoms with Gasteiger partial charge in [-0.1, -0.05) is 32.6 Å². The van der Waals surface area contributed by atoms with Crippen LogP contribution in [-0.4, -0.2) is 12.6 Å². The summed E-state index contributed by atoms with van der Waals surface area (Å²) in [5.74, 6) is 2.58. The minimum atomic E-state index is -0.0444. The van der Waals surface area contributed by atoms with Gasteiger partial charge in [-0.05, 0) is 19.3 Å². The van der Waals surface area contributed by atoms with Crippen LogP contribution in [0.1, 0.15) is 64.7 Å². The van der Waals surface area contributed by atoms with Gasteiger partial charge >= 0.3 is 5.97 Å². The van der Waals surface area contributed by atoms with Gasteiger partial charge in [-0.3, -0.25) is 4.79 Å². The first-order valence-corrected chi connectivity index (χ1v) is 6.40. The van der Waals surface area contributed by atoms with Crippen LogP contribution in [0.25, 0.3) is 0 Å². The molecule has 2 heteroatoms. The van der Waals surface area contributed by atoms with Gasteiger partial charge in [0.2, 0.25) is 0 Å². The normalized spacial score (nSPS) is 9.75. The highest BCUT2D eigenvalue weighted by atomic mass is 16.5. The van der Waals surface area contributed by atoms with E-state index in [4.69, 9.17) is 11.2 Å². The molecule has 0 aliphatic heterocycles. The monoisotopic (exact) mass is 224 g/mol. The SMILES string of the molecule is C#CCCCCCCOC(=O)CCCCC. The van der Waals surface area contributed by atoms with E-state index in [9.17, 15) is 4.79 Å². The van der Waals surface area contributed by atoms with Gasteiger partial charge in [0.05, 0.1) is 6.61 Å². The fourth-order valence-electron chi connectivity index (χ4n) is 1.46. The van der Waals surface area contributed by atoms with Crippen LogP contribution in [0.15, 0.2) is 0 Å². The predicted octanol–water partition coefficient (Wildman–Crippen LogP) is 3.69. The molecule has 92 valence electrons. The van der Waals surface area contributed by atoms with E-state index in [0.29, 0.717) is 13.0 Å². The number of ether oxygens (including phenoxy) is 1. The van der Waals surface area contributed by atoms with Gasteiger partial charge in [-0.25, -0.2) is 0 Å². The molecular formula is C14H24O2. The molecule has 0 spiro atoms. The van der Waals surface area contributed by atoms with Crippen LogP contribution in [0.2, 0.25) is 0 Å². The average Bonchev–Trinajstić information content (AvgIpc) is 2.28. The van der Waals surface area contributed by atoms with Crippen molar-refractivity contribution in [1.82, 2.24) is 0 Å². The third kappa shape index (κ3) is 11.1. The molecule has 0 N–H and O–H groups in total. The second-order valence-corrected chi connectivity index (χ2v) is 4.05. The van der Waals surface area contributed by atoms with Gasteiger partial charge in [-0.15, -0.1) is 12.3 Å². The fourth-order valence-corrected chi connectivity index (χ4v) is 1.46. The highest BCUT2D eigenvalue weighted by Crippen LogP contribution is 2.04. The molecule has 0 aromatic rings. The van der Waals surface area contributed by atoms with Crippen LogP contribution < -0.4 is 0 Å². The molecule has 0 aliphatic rings. The van der Waals surface area contributed by atoms with Crippen molar-refractivity contribution < 1.29 is 9.53 Å². The van der Waals surface area contributed by atoms with E-state index in [1.165, 1.54) is 0 Å². The maximum absolute atomic E-state index is 11.2. The Morgan fingerprint density at radius 3 is 2.56 bits per heavy atom. The lowest BCUT2D eigenvalue weighted by atomic mass is 10.1. The lowest BCUT2D eigenvalue weighted by molar-refractivity contribution is -0.143. The van der Waals surface area contributed by atoms with E-state index in [-0.39, 0.29) is 5.97 Å². The number of carbonyl (C=O) groups excluding carboxylic acids is 1. The summed E-state index contributed by atoms with van der Waals surface area (Å²) >= 11 is 0. The standard InChI is InChI=1S/C14H24O2/c1-3-5-7-8-9-11-13-16-14(15)12-10-6-4-2/h1H,4-13H2,2H3. The van der Waals surface area contributed by atoms with Crippen molar-refractivity contribution >= 4 is 5.97 Å². The van der Waals surface area contributed by atoms with Gasteiger partial charge in [-0.2, -0.15) is 0 Å². The van der Waals surface area contributed by atoms with E-state index in [0.717, 1.165) is 51.4 Å². The van der Waals surface area contributed by atoms with Gasteiger partial charge in [0, 0.05) is 12.8 Å².